The van der Waals surface area contributed by atoms with Gasteiger partial charge in [0, 0.05) is 18.8 Å². The fourth-order valence-electron chi connectivity index (χ4n) is 3.15. The van der Waals surface area contributed by atoms with Crippen molar-refractivity contribution in [2.75, 3.05) is 25.0 Å². The molecule has 0 saturated carbocycles. The number of benzene rings is 2. The van der Waals surface area contributed by atoms with Crippen molar-refractivity contribution in [3.8, 4) is 0 Å². The largest absolute Gasteiger partial charge is 0.314 e. The second-order valence-corrected chi connectivity index (χ2v) is 5.97. The van der Waals surface area contributed by atoms with Gasteiger partial charge in [-0.25, -0.2) is 4.39 Å². The second kappa shape index (κ2) is 6.92. The average Bonchev–Trinajstić information content (AvgIpc) is 3.03. The molecule has 4 heteroatoms. The Hall–Kier alpha value is -2.20. The van der Waals surface area contributed by atoms with Crippen molar-refractivity contribution in [2.45, 2.75) is 18.9 Å². The number of anilines is 1. The molecule has 3 rings (SSSR count). The van der Waals surface area contributed by atoms with Crippen LogP contribution < -0.4 is 4.90 Å². The van der Waals surface area contributed by atoms with Crippen LogP contribution in [0.3, 0.4) is 0 Å². The number of carbonyl (C=O) groups excluding carboxylic acids is 1. The van der Waals surface area contributed by atoms with Crippen LogP contribution in [-0.4, -0.2) is 30.9 Å². The van der Waals surface area contributed by atoms with Crippen molar-refractivity contribution >= 4 is 11.6 Å². The third-order valence-electron chi connectivity index (χ3n) is 4.47. The molecule has 1 aliphatic heterocycles. The maximum absolute atomic E-state index is 13.1. The van der Waals surface area contributed by atoms with Crippen molar-refractivity contribution in [3.63, 3.8) is 0 Å². The number of carbonyl (C=O) groups is 1. The molecule has 1 atom stereocenters. The molecule has 3 nitrogen and oxygen atoms in total. The molecule has 1 saturated heterocycles. The lowest BCUT2D eigenvalue weighted by Gasteiger charge is -2.27. The summed E-state index contributed by atoms with van der Waals surface area (Å²) in [6.45, 7) is 1.28. The molecule has 0 aromatic heterocycles. The van der Waals surface area contributed by atoms with E-state index in [2.05, 4.69) is 4.90 Å². The first-order valence-electron chi connectivity index (χ1n) is 7.96. The molecule has 23 heavy (non-hydrogen) atoms. The highest BCUT2D eigenvalue weighted by Crippen LogP contribution is 2.31. The van der Waals surface area contributed by atoms with Crippen LogP contribution in [0.25, 0.3) is 0 Å². The molecule has 0 bridgehead atoms. The molecular weight excluding hydrogens is 291 g/mol. The Labute approximate surface area is 136 Å². The molecule has 0 aliphatic carbocycles. The summed E-state index contributed by atoms with van der Waals surface area (Å²) in [5, 5.41) is 0. The van der Waals surface area contributed by atoms with E-state index in [-0.39, 0.29) is 17.8 Å². The third-order valence-corrected chi connectivity index (χ3v) is 4.47. The number of likely N-dealkylation sites (N-methyl/N-ethyl adjacent to an activating group) is 1. The van der Waals surface area contributed by atoms with Gasteiger partial charge >= 0.3 is 0 Å². The van der Waals surface area contributed by atoms with Gasteiger partial charge in [-0.15, -0.1) is 0 Å². The zero-order valence-corrected chi connectivity index (χ0v) is 13.3. The number of rotatable bonds is 4. The minimum atomic E-state index is -0.224. The Morgan fingerprint density at radius 2 is 1.87 bits per heavy atom. The summed E-state index contributed by atoms with van der Waals surface area (Å²) in [4.78, 5) is 16.4. The van der Waals surface area contributed by atoms with Crippen LogP contribution in [0.15, 0.2) is 54.6 Å². The summed E-state index contributed by atoms with van der Waals surface area (Å²) in [6, 6.07) is 16.5. The molecule has 2 aromatic carbocycles. The van der Waals surface area contributed by atoms with Crippen molar-refractivity contribution in [2.24, 2.45) is 0 Å². The third kappa shape index (κ3) is 3.59. The van der Waals surface area contributed by atoms with E-state index in [0.717, 1.165) is 30.6 Å². The molecule has 0 N–H and O–H groups in total. The predicted octanol–water partition coefficient (Wildman–Crippen LogP) is 3.63. The molecule has 1 heterocycles. The van der Waals surface area contributed by atoms with Gasteiger partial charge in [-0.3, -0.25) is 9.69 Å². The first-order chi connectivity index (χ1) is 11.1. The first-order valence-corrected chi connectivity index (χ1v) is 7.96. The number of amides is 1. The van der Waals surface area contributed by atoms with E-state index in [4.69, 9.17) is 0 Å². The van der Waals surface area contributed by atoms with Crippen LogP contribution >= 0.6 is 0 Å². The lowest BCUT2D eigenvalue weighted by molar-refractivity contribution is -0.119. The number of halogens is 1. The Kier molecular flexibility index (Phi) is 4.72. The predicted molar refractivity (Wildman–Crippen MR) is 89.8 cm³/mol. The van der Waals surface area contributed by atoms with Crippen molar-refractivity contribution in [1.82, 2.24) is 4.90 Å². The standard InChI is InChI=1S/C19H21FN2O/c1-21(17-6-3-2-4-7-17)19(23)14-22-13-5-8-18(22)15-9-11-16(20)12-10-15/h2-4,6-7,9-12,18H,5,8,13-14H2,1H3/t18-/m1/s1. The van der Waals surface area contributed by atoms with Crippen molar-refractivity contribution < 1.29 is 9.18 Å². The number of nitrogens with zero attached hydrogens (tertiary/aromatic N) is 2. The van der Waals surface area contributed by atoms with Gasteiger partial charge in [0.15, 0.2) is 0 Å². The average molecular weight is 312 g/mol. The molecule has 120 valence electrons. The van der Waals surface area contributed by atoms with Gasteiger partial charge in [0.25, 0.3) is 0 Å². The smallest absolute Gasteiger partial charge is 0.240 e. The molecule has 1 amide bonds. The molecule has 1 aliphatic rings. The molecule has 1 fully saturated rings. The van der Waals surface area contributed by atoms with Crippen LogP contribution in [-0.2, 0) is 4.79 Å². The summed E-state index contributed by atoms with van der Waals surface area (Å²) in [5.41, 5.74) is 1.98. The van der Waals surface area contributed by atoms with Crippen LogP contribution in [0.5, 0.6) is 0 Å². The lowest BCUT2D eigenvalue weighted by Crippen LogP contribution is -2.38. The van der Waals surface area contributed by atoms with Gasteiger partial charge < -0.3 is 4.90 Å². The highest BCUT2D eigenvalue weighted by Gasteiger charge is 2.28. The maximum Gasteiger partial charge on any atom is 0.240 e. The maximum atomic E-state index is 13.1. The summed E-state index contributed by atoms with van der Waals surface area (Å²) >= 11 is 0. The highest BCUT2D eigenvalue weighted by atomic mass is 19.1. The lowest BCUT2D eigenvalue weighted by atomic mass is 10.0. The van der Waals surface area contributed by atoms with Gasteiger partial charge in [-0.05, 0) is 49.2 Å². The fraction of sp³-hybridized carbons (Fsp3) is 0.316. The van der Waals surface area contributed by atoms with Crippen LogP contribution in [0.2, 0.25) is 0 Å². The van der Waals surface area contributed by atoms with E-state index < -0.39 is 0 Å². The van der Waals surface area contributed by atoms with E-state index in [9.17, 15) is 9.18 Å². The first kappa shape index (κ1) is 15.7. The number of likely N-dealkylation sites (tertiary alicyclic amines) is 1. The number of hydrogen-bond donors (Lipinski definition) is 0. The SMILES string of the molecule is CN(C(=O)CN1CCC[C@@H]1c1ccc(F)cc1)c1ccccc1. The van der Waals surface area contributed by atoms with E-state index in [1.165, 1.54) is 12.1 Å². The van der Waals surface area contributed by atoms with Gasteiger partial charge in [0.1, 0.15) is 5.82 Å². The topological polar surface area (TPSA) is 23.6 Å². The van der Waals surface area contributed by atoms with Gasteiger partial charge in [-0.2, -0.15) is 0 Å². The molecule has 0 spiro atoms. The second-order valence-electron chi connectivity index (χ2n) is 5.97. The molecule has 2 aromatic rings. The van der Waals surface area contributed by atoms with E-state index in [1.54, 1.807) is 11.9 Å². The van der Waals surface area contributed by atoms with Gasteiger partial charge in [0.05, 0.1) is 6.54 Å². The van der Waals surface area contributed by atoms with Crippen LogP contribution in [0, 0.1) is 5.82 Å². The van der Waals surface area contributed by atoms with Crippen LogP contribution in [0.4, 0.5) is 10.1 Å². The van der Waals surface area contributed by atoms with Gasteiger partial charge in [0.2, 0.25) is 5.91 Å². The minimum Gasteiger partial charge on any atom is -0.314 e. The Morgan fingerprint density at radius 1 is 1.17 bits per heavy atom. The molecule has 0 unspecified atom stereocenters. The summed E-state index contributed by atoms with van der Waals surface area (Å²) in [5.74, 6) is -0.150. The Bertz CT molecular complexity index is 657. The van der Waals surface area contributed by atoms with Crippen molar-refractivity contribution in [1.29, 1.82) is 0 Å². The monoisotopic (exact) mass is 312 g/mol. The normalized spacial score (nSPS) is 18.1. The molecular formula is C19H21FN2O. The van der Waals surface area contributed by atoms with E-state index in [0.29, 0.717) is 6.54 Å². The zero-order chi connectivity index (χ0) is 16.2. The quantitative estimate of drug-likeness (QED) is 0.861. The summed E-state index contributed by atoms with van der Waals surface area (Å²) in [7, 11) is 1.81. The Balaban J connectivity index is 1.69. The van der Waals surface area contributed by atoms with Crippen molar-refractivity contribution in [3.05, 3.63) is 66.0 Å². The van der Waals surface area contributed by atoms with Gasteiger partial charge in [-0.1, -0.05) is 30.3 Å². The zero-order valence-electron chi connectivity index (χ0n) is 13.3. The fourth-order valence-corrected chi connectivity index (χ4v) is 3.15. The summed E-state index contributed by atoms with van der Waals surface area (Å²) < 4.78 is 13.1. The Morgan fingerprint density at radius 3 is 2.57 bits per heavy atom. The number of hydrogen-bond acceptors (Lipinski definition) is 2. The number of para-hydroxylation sites is 1. The minimum absolute atomic E-state index is 0.0743. The van der Waals surface area contributed by atoms with E-state index in [1.807, 2.05) is 42.5 Å². The van der Waals surface area contributed by atoms with Crippen LogP contribution in [0.1, 0.15) is 24.4 Å². The molecule has 0 radical (unpaired) electrons. The summed E-state index contributed by atoms with van der Waals surface area (Å²) in [6.07, 6.45) is 2.07. The van der Waals surface area contributed by atoms with E-state index >= 15 is 0 Å². The highest BCUT2D eigenvalue weighted by molar-refractivity contribution is 5.94.